The molecule has 1 aliphatic heterocycles. The number of pyridine rings is 1. The largest absolute Gasteiger partial charge is 0.481 e. The topological polar surface area (TPSA) is 91.3 Å². The normalized spacial score (nSPS) is 18.7. The van der Waals surface area contributed by atoms with E-state index in [-0.39, 0.29) is 18.4 Å². The standard InChI is InChI=1S/C17H19N3O3/c21-16(22)9-15(20-17(23)14-6-3-7-18-14)12-8-11-4-1-2-5-13(11)19-10-12/h1-2,4-5,8,10,14-15,18H,3,6-7,9H2,(H,20,23)(H,21,22)/t14-,15+/m0/s1. The highest BCUT2D eigenvalue weighted by molar-refractivity contribution is 5.84. The molecule has 6 nitrogen and oxygen atoms in total. The summed E-state index contributed by atoms with van der Waals surface area (Å²) in [5, 5.41) is 16.0. The van der Waals surface area contributed by atoms with E-state index in [1.807, 2.05) is 30.3 Å². The van der Waals surface area contributed by atoms with Gasteiger partial charge in [0.25, 0.3) is 0 Å². The van der Waals surface area contributed by atoms with E-state index in [1.165, 1.54) is 0 Å². The summed E-state index contributed by atoms with van der Waals surface area (Å²) in [5.74, 6) is -1.11. The van der Waals surface area contributed by atoms with E-state index in [1.54, 1.807) is 6.20 Å². The van der Waals surface area contributed by atoms with Crippen LogP contribution in [0.2, 0.25) is 0 Å². The molecule has 2 atom stereocenters. The Bertz CT molecular complexity index is 726. The summed E-state index contributed by atoms with van der Waals surface area (Å²) in [6, 6.07) is 8.69. The van der Waals surface area contributed by atoms with E-state index >= 15 is 0 Å². The number of carboxylic acids is 1. The first kappa shape index (κ1) is 15.4. The summed E-state index contributed by atoms with van der Waals surface area (Å²) in [6.45, 7) is 0.819. The predicted octanol–water partition coefficient (Wildman–Crippen LogP) is 1.62. The van der Waals surface area contributed by atoms with Crippen molar-refractivity contribution in [3.8, 4) is 0 Å². The molecule has 0 bridgehead atoms. The molecule has 3 N–H and O–H groups in total. The predicted molar refractivity (Wildman–Crippen MR) is 85.9 cm³/mol. The molecule has 23 heavy (non-hydrogen) atoms. The molecular weight excluding hydrogens is 294 g/mol. The summed E-state index contributed by atoms with van der Waals surface area (Å²) in [5.41, 5.74) is 1.55. The molecule has 120 valence electrons. The van der Waals surface area contributed by atoms with Crippen molar-refractivity contribution < 1.29 is 14.7 Å². The Morgan fingerprint density at radius 3 is 2.96 bits per heavy atom. The van der Waals surface area contributed by atoms with E-state index in [4.69, 9.17) is 5.11 Å². The number of hydrogen-bond donors (Lipinski definition) is 3. The molecule has 6 heteroatoms. The van der Waals surface area contributed by atoms with Crippen molar-refractivity contribution in [2.45, 2.75) is 31.3 Å². The van der Waals surface area contributed by atoms with Crippen LogP contribution in [0.3, 0.4) is 0 Å². The molecule has 0 radical (unpaired) electrons. The molecule has 0 saturated carbocycles. The molecule has 2 aromatic rings. The van der Waals surface area contributed by atoms with Crippen LogP contribution in [-0.4, -0.2) is 34.6 Å². The Labute approximate surface area is 133 Å². The SMILES string of the molecule is O=C(O)C[C@@H](NC(=O)[C@@H]1CCCN1)c1cnc2ccccc2c1. The molecule has 3 rings (SSSR count). The van der Waals surface area contributed by atoms with Gasteiger partial charge in [-0.25, -0.2) is 0 Å². The summed E-state index contributed by atoms with van der Waals surface area (Å²) < 4.78 is 0. The quantitative estimate of drug-likeness (QED) is 0.780. The van der Waals surface area contributed by atoms with Crippen LogP contribution in [0.25, 0.3) is 10.9 Å². The van der Waals surface area contributed by atoms with Crippen molar-refractivity contribution in [2.75, 3.05) is 6.54 Å². The highest BCUT2D eigenvalue weighted by Gasteiger charge is 2.26. The van der Waals surface area contributed by atoms with Crippen molar-refractivity contribution in [3.05, 3.63) is 42.1 Å². The monoisotopic (exact) mass is 313 g/mol. The molecule has 1 aliphatic rings. The minimum atomic E-state index is -0.956. The Morgan fingerprint density at radius 1 is 1.39 bits per heavy atom. The third-order valence-corrected chi connectivity index (χ3v) is 4.09. The molecule has 2 heterocycles. The highest BCUT2D eigenvalue weighted by atomic mass is 16.4. The zero-order valence-electron chi connectivity index (χ0n) is 12.7. The maximum atomic E-state index is 12.3. The summed E-state index contributed by atoms with van der Waals surface area (Å²) in [6.07, 6.45) is 3.21. The lowest BCUT2D eigenvalue weighted by Gasteiger charge is -2.20. The minimum absolute atomic E-state index is 0.151. The van der Waals surface area contributed by atoms with Gasteiger partial charge in [0.05, 0.1) is 24.0 Å². The van der Waals surface area contributed by atoms with E-state index in [2.05, 4.69) is 15.6 Å². The molecule has 1 aromatic heterocycles. The van der Waals surface area contributed by atoms with Gasteiger partial charge in [0.2, 0.25) is 5.91 Å². The van der Waals surface area contributed by atoms with Gasteiger partial charge in [0.15, 0.2) is 0 Å². The van der Waals surface area contributed by atoms with Gasteiger partial charge in [0, 0.05) is 11.6 Å². The summed E-state index contributed by atoms with van der Waals surface area (Å²) in [7, 11) is 0. The van der Waals surface area contributed by atoms with Crippen LogP contribution < -0.4 is 10.6 Å². The number of aromatic nitrogens is 1. The first-order valence-corrected chi connectivity index (χ1v) is 7.74. The molecule has 0 aliphatic carbocycles. The number of carbonyl (C=O) groups is 2. The third-order valence-electron chi connectivity index (χ3n) is 4.09. The van der Waals surface area contributed by atoms with E-state index in [9.17, 15) is 9.59 Å². The lowest BCUT2D eigenvalue weighted by molar-refractivity contribution is -0.137. The molecule has 0 spiro atoms. The summed E-state index contributed by atoms with van der Waals surface area (Å²) in [4.78, 5) is 27.8. The average molecular weight is 313 g/mol. The number of nitrogens with one attached hydrogen (secondary N) is 2. The number of carboxylic acid groups (broad SMARTS) is 1. The highest BCUT2D eigenvalue weighted by Crippen LogP contribution is 2.21. The van der Waals surface area contributed by atoms with E-state index < -0.39 is 12.0 Å². The van der Waals surface area contributed by atoms with E-state index in [0.717, 1.165) is 30.3 Å². The number of fused-ring (bicyclic) bond motifs is 1. The number of hydrogen-bond acceptors (Lipinski definition) is 4. The van der Waals surface area contributed by atoms with Crippen molar-refractivity contribution >= 4 is 22.8 Å². The maximum Gasteiger partial charge on any atom is 0.305 e. The Hall–Kier alpha value is -2.47. The van der Waals surface area contributed by atoms with Gasteiger partial charge in [-0.3, -0.25) is 14.6 Å². The molecule has 1 fully saturated rings. The van der Waals surface area contributed by atoms with Crippen molar-refractivity contribution in [1.82, 2.24) is 15.6 Å². The first-order valence-electron chi connectivity index (χ1n) is 7.74. The van der Waals surface area contributed by atoms with Crippen LogP contribution in [0, 0.1) is 0 Å². The van der Waals surface area contributed by atoms with Crippen LogP contribution in [0.15, 0.2) is 36.5 Å². The van der Waals surface area contributed by atoms with Gasteiger partial charge in [-0.1, -0.05) is 18.2 Å². The van der Waals surface area contributed by atoms with Crippen LogP contribution in [-0.2, 0) is 9.59 Å². The van der Waals surface area contributed by atoms with Crippen LogP contribution in [0.5, 0.6) is 0 Å². The van der Waals surface area contributed by atoms with Gasteiger partial charge >= 0.3 is 5.97 Å². The van der Waals surface area contributed by atoms with Crippen LogP contribution >= 0.6 is 0 Å². The van der Waals surface area contributed by atoms with Gasteiger partial charge in [-0.05, 0) is 37.1 Å². The number of amides is 1. The number of nitrogens with zero attached hydrogens (tertiary/aromatic N) is 1. The number of rotatable bonds is 5. The van der Waals surface area contributed by atoms with Gasteiger partial charge in [0.1, 0.15) is 0 Å². The Balaban J connectivity index is 1.84. The van der Waals surface area contributed by atoms with Crippen LogP contribution in [0.4, 0.5) is 0 Å². The van der Waals surface area contributed by atoms with Gasteiger partial charge < -0.3 is 15.7 Å². The van der Waals surface area contributed by atoms with Crippen LogP contribution in [0.1, 0.15) is 30.9 Å². The maximum absolute atomic E-state index is 12.3. The Kier molecular flexibility index (Phi) is 4.52. The number of para-hydroxylation sites is 1. The van der Waals surface area contributed by atoms with Crippen molar-refractivity contribution in [2.24, 2.45) is 0 Å². The molecule has 0 unspecified atom stereocenters. The average Bonchev–Trinajstić information content (AvgIpc) is 3.08. The fourth-order valence-electron chi connectivity index (χ4n) is 2.89. The molecule has 1 saturated heterocycles. The van der Waals surface area contributed by atoms with Crippen molar-refractivity contribution in [3.63, 3.8) is 0 Å². The molecule has 1 amide bonds. The second-order valence-electron chi connectivity index (χ2n) is 5.77. The minimum Gasteiger partial charge on any atom is -0.481 e. The van der Waals surface area contributed by atoms with E-state index in [0.29, 0.717) is 5.56 Å². The fraction of sp³-hybridized carbons (Fsp3) is 0.353. The lowest BCUT2D eigenvalue weighted by atomic mass is 10.0. The van der Waals surface area contributed by atoms with Crippen molar-refractivity contribution in [1.29, 1.82) is 0 Å². The van der Waals surface area contributed by atoms with Gasteiger partial charge in [-0.15, -0.1) is 0 Å². The van der Waals surface area contributed by atoms with Gasteiger partial charge in [-0.2, -0.15) is 0 Å². The second kappa shape index (κ2) is 6.75. The summed E-state index contributed by atoms with van der Waals surface area (Å²) >= 11 is 0. The number of benzene rings is 1. The fourth-order valence-corrected chi connectivity index (χ4v) is 2.89. The Morgan fingerprint density at radius 2 is 2.22 bits per heavy atom. The number of carbonyl (C=O) groups excluding carboxylic acids is 1. The molecule has 1 aromatic carbocycles. The third kappa shape index (κ3) is 3.65. The molecular formula is C17H19N3O3. The number of aliphatic carboxylic acids is 1. The second-order valence-corrected chi connectivity index (χ2v) is 5.77. The zero-order chi connectivity index (χ0) is 16.2. The zero-order valence-corrected chi connectivity index (χ0v) is 12.7. The first-order chi connectivity index (χ1) is 11.1. The lowest BCUT2D eigenvalue weighted by Crippen LogP contribution is -2.42. The smallest absolute Gasteiger partial charge is 0.305 e.